The van der Waals surface area contributed by atoms with Crippen LogP contribution >= 0.6 is 0 Å². The largest absolute Gasteiger partial charge is 0.507 e. The van der Waals surface area contributed by atoms with E-state index >= 15 is 0 Å². The number of benzene rings is 3. The van der Waals surface area contributed by atoms with Gasteiger partial charge in [-0.1, -0.05) is 55.5 Å². The minimum absolute atomic E-state index is 0.0460. The Balaban J connectivity index is 1.78. The van der Waals surface area contributed by atoms with Gasteiger partial charge < -0.3 is 9.84 Å². The molecule has 1 atom stereocenters. The Morgan fingerprint density at radius 2 is 1.62 bits per heavy atom. The number of ketones is 1. The van der Waals surface area contributed by atoms with Gasteiger partial charge in [-0.2, -0.15) is 0 Å². The molecule has 0 fully saturated rings. The quantitative estimate of drug-likeness (QED) is 0.543. The van der Waals surface area contributed by atoms with Crippen LogP contribution in [0.3, 0.4) is 0 Å². The zero-order chi connectivity index (χ0) is 18.7. The maximum atomic E-state index is 12.5. The summed E-state index contributed by atoms with van der Waals surface area (Å²) in [7, 11) is 0. The fourth-order valence-electron chi connectivity index (χ4n) is 2.81. The first-order chi connectivity index (χ1) is 12.5. The van der Waals surface area contributed by atoms with Crippen molar-refractivity contribution >= 4 is 22.5 Å². The first-order valence-electron chi connectivity index (χ1n) is 8.55. The van der Waals surface area contributed by atoms with Crippen molar-refractivity contribution in [3.8, 4) is 5.75 Å². The van der Waals surface area contributed by atoms with Crippen molar-refractivity contribution in [3.63, 3.8) is 0 Å². The van der Waals surface area contributed by atoms with Crippen LogP contribution in [0.1, 0.15) is 40.1 Å². The second-order valence-electron chi connectivity index (χ2n) is 6.18. The molecule has 3 rings (SSSR count). The molecule has 4 heteroatoms. The normalized spacial score (nSPS) is 11.9. The lowest BCUT2D eigenvalue weighted by Gasteiger charge is -2.14. The third-order valence-electron chi connectivity index (χ3n) is 4.38. The van der Waals surface area contributed by atoms with E-state index in [0.29, 0.717) is 5.56 Å². The molecule has 3 aromatic rings. The minimum atomic E-state index is -0.944. The zero-order valence-electron chi connectivity index (χ0n) is 14.7. The third kappa shape index (κ3) is 3.59. The summed E-state index contributed by atoms with van der Waals surface area (Å²) in [6.07, 6.45) is -0.0545. The van der Waals surface area contributed by atoms with Crippen molar-refractivity contribution in [3.05, 3.63) is 77.4 Å². The molecular weight excluding hydrogens is 328 g/mol. The number of aryl methyl sites for hydroxylation is 1. The lowest BCUT2D eigenvalue weighted by Crippen LogP contribution is -2.24. The molecule has 1 N–H and O–H groups in total. The Hall–Kier alpha value is -3.14. The Morgan fingerprint density at radius 1 is 1.00 bits per heavy atom. The highest BCUT2D eigenvalue weighted by Crippen LogP contribution is 2.26. The van der Waals surface area contributed by atoms with Gasteiger partial charge in [0.2, 0.25) is 5.78 Å². The molecule has 0 bridgehead atoms. The molecule has 0 heterocycles. The number of hydrogen-bond donors (Lipinski definition) is 1. The zero-order valence-corrected chi connectivity index (χ0v) is 14.7. The molecule has 132 valence electrons. The minimum Gasteiger partial charge on any atom is -0.507 e. The van der Waals surface area contributed by atoms with Gasteiger partial charge in [0.05, 0.1) is 0 Å². The van der Waals surface area contributed by atoms with Crippen LogP contribution in [0.2, 0.25) is 0 Å². The average Bonchev–Trinajstić information content (AvgIpc) is 2.66. The maximum Gasteiger partial charge on any atom is 0.342 e. The predicted octanol–water partition coefficient (Wildman–Crippen LogP) is 4.54. The first kappa shape index (κ1) is 17.7. The number of ether oxygens (including phenoxy) is 1. The smallest absolute Gasteiger partial charge is 0.342 e. The molecule has 26 heavy (non-hydrogen) atoms. The molecule has 0 saturated carbocycles. The van der Waals surface area contributed by atoms with Gasteiger partial charge in [-0.25, -0.2) is 4.79 Å². The number of carbonyl (C=O) groups excluding carboxylic acids is 2. The summed E-state index contributed by atoms with van der Waals surface area (Å²) in [6, 6.07) is 17.7. The van der Waals surface area contributed by atoms with Crippen LogP contribution in [0.25, 0.3) is 10.8 Å². The monoisotopic (exact) mass is 348 g/mol. The molecule has 0 aliphatic carbocycles. The van der Waals surface area contributed by atoms with Crippen LogP contribution in [0.5, 0.6) is 5.75 Å². The molecule has 3 aromatic carbocycles. The first-order valence-corrected chi connectivity index (χ1v) is 8.55. The van der Waals surface area contributed by atoms with Crippen LogP contribution in [-0.2, 0) is 11.2 Å². The number of phenols is 1. The van der Waals surface area contributed by atoms with E-state index in [2.05, 4.69) is 0 Å². The third-order valence-corrected chi connectivity index (χ3v) is 4.38. The van der Waals surface area contributed by atoms with Gasteiger partial charge in [0.1, 0.15) is 11.3 Å². The topological polar surface area (TPSA) is 63.6 Å². The summed E-state index contributed by atoms with van der Waals surface area (Å²) >= 11 is 0. The van der Waals surface area contributed by atoms with Gasteiger partial charge in [-0.05, 0) is 41.8 Å². The van der Waals surface area contributed by atoms with E-state index in [-0.39, 0.29) is 17.1 Å². The van der Waals surface area contributed by atoms with E-state index in [9.17, 15) is 14.7 Å². The number of aromatic hydroxyl groups is 1. The Labute approximate surface area is 152 Å². The summed E-state index contributed by atoms with van der Waals surface area (Å²) in [6.45, 7) is 3.57. The van der Waals surface area contributed by atoms with E-state index in [0.717, 1.165) is 22.8 Å². The van der Waals surface area contributed by atoms with E-state index in [1.165, 1.54) is 13.0 Å². The van der Waals surface area contributed by atoms with E-state index < -0.39 is 12.1 Å². The van der Waals surface area contributed by atoms with Crippen LogP contribution < -0.4 is 0 Å². The summed E-state index contributed by atoms with van der Waals surface area (Å²) in [5.41, 5.74) is 1.67. The fraction of sp³-hybridized carbons (Fsp3) is 0.182. The second-order valence-corrected chi connectivity index (χ2v) is 6.18. The van der Waals surface area contributed by atoms with Gasteiger partial charge in [0.25, 0.3) is 0 Å². The standard InChI is InChI=1S/C22H20O4/c1-3-15-8-10-16(11-9-15)21(24)14(2)26-22(25)19-12-17-6-4-5-7-18(17)13-20(19)23/h4-14,23H,3H2,1-2H3/t14-/m0/s1. The Kier molecular flexibility index (Phi) is 5.03. The van der Waals surface area contributed by atoms with E-state index in [1.807, 2.05) is 43.3 Å². The van der Waals surface area contributed by atoms with Gasteiger partial charge in [0, 0.05) is 5.56 Å². The molecule has 0 unspecified atom stereocenters. The van der Waals surface area contributed by atoms with E-state index in [1.54, 1.807) is 18.2 Å². The highest BCUT2D eigenvalue weighted by molar-refractivity contribution is 6.03. The number of esters is 1. The summed E-state index contributed by atoms with van der Waals surface area (Å²) in [5, 5.41) is 11.8. The number of Topliss-reactive ketones (excluding diaryl/α,β-unsaturated/α-hetero) is 1. The average molecular weight is 348 g/mol. The lowest BCUT2D eigenvalue weighted by molar-refractivity contribution is 0.0316. The van der Waals surface area contributed by atoms with E-state index in [4.69, 9.17) is 4.74 Å². The number of fused-ring (bicyclic) bond motifs is 1. The van der Waals surface area contributed by atoms with Crippen molar-refractivity contribution in [2.75, 3.05) is 0 Å². The predicted molar refractivity (Wildman–Crippen MR) is 101 cm³/mol. The summed E-state index contributed by atoms with van der Waals surface area (Å²) < 4.78 is 5.29. The summed E-state index contributed by atoms with van der Waals surface area (Å²) in [5.74, 6) is -1.17. The summed E-state index contributed by atoms with van der Waals surface area (Å²) in [4.78, 5) is 24.9. The highest BCUT2D eigenvalue weighted by Gasteiger charge is 2.22. The van der Waals surface area contributed by atoms with Gasteiger partial charge in [-0.15, -0.1) is 0 Å². The van der Waals surface area contributed by atoms with Crippen LogP contribution in [0.4, 0.5) is 0 Å². The van der Waals surface area contributed by atoms with Crippen molar-refractivity contribution in [1.29, 1.82) is 0 Å². The number of rotatable bonds is 5. The van der Waals surface area contributed by atoms with Crippen LogP contribution in [0.15, 0.2) is 60.7 Å². The van der Waals surface area contributed by atoms with Crippen LogP contribution in [-0.4, -0.2) is 23.0 Å². The van der Waals surface area contributed by atoms with Crippen molar-refractivity contribution in [2.24, 2.45) is 0 Å². The SMILES string of the molecule is CCc1ccc(C(=O)[C@H](C)OC(=O)c2cc3ccccc3cc2O)cc1. The molecule has 0 radical (unpaired) electrons. The molecular formula is C22H20O4. The van der Waals surface area contributed by atoms with Crippen LogP contribution in [0, 0.1) is 0 Å². The number of hydrogen-bond acceptors (Lipinski definition) is 4. The molecule has 0 saturated heterocycles. The van der Waals surface area contributed by atoms with Crippen molar-refractivity contribution in [2.45, 2.75) is 26.4 Å². The highest BCUT2D eigenvalue weighted by atomic mass is 16.5. The second kappa shape index (κ2) is 7.40. The molecule has 4 nitrogen and oxygen atoms in total. The van der Waals surface area contributed by atoms with Gasteiger partial charge >= 0.3 is 5.97 Å². The van der Waals surface area contributed by atoms with Gasteiger partial charge in [0.15, 0.2) is 6.10 Å². The molecule has 0 aliphatic rings. The Bertz CT molecular complexity index is 958. The fourth-order valence-corrected chi connectivity index (χ4v) is 2.81. The lowest BCUT2D eigenvalue weighted by atomic mass is 10.0. The van der Waals surface area contributed by atoms with Crippen molar-refractivity contribution < 1.29 is 19.4 Å². The molecule has 0 aromatic heterocycles. The molecule has 0 aliphatic heterocycles. The van der Waals surface area contributed by atoms with Crippen molar-refractivity contribution in [1.82, 2.24) is 0 Å². The molecule has 0 amide bonds. The Morgan fingerprint density at radius 3 is 2.23 bits per heavy atom. The van der Waals surface area contributed by atoms with Gasteiger partial charge in [-0.3, -0.25) is 4.79 Å². The molecule has 0 spiro atoms. The number of carbonyl (C=O) groups is 2. The number of phenolic OH excluding ortho intramolecular Hbond substituents is 1. The maximum absolute atomic E-state index is 12.5.